The van der Waals surface area contributed by atoms with Crippen LogP contribution in [0.4, 0.5) is 24.5 Å². The summed E-state index contributed by atoms with van der Waals surface area (Å²) >= 11 is 0. The maximum absolute atomic E-state index is 11.9. The number of nitrogen functional groups attached to an aromatic ring is 1. The molecule has 0 saturated carbocycles. The molecule has 0 saturated heterocycles. The number of nitrogens with two attached hydrogens (primary N) is 1. The zero-order valence-corrected chi connectivity index (χ0v) is 9.74. The van der Waals surface area contributed by atoms with Crippen molar-refractivity contribution in [3.63, 3.8) is 0 Å². The molecule has 1 rings (SSSR count). The molecular formula is C10H12F3N3O3. The summed E-state index contributed by atoms with van der Waals surface area (Å²) in [7, 11) is 0. The predicted octanol–water partition coefficient (Wildman–Crippen LogP) is 2.35. The molecule has 0 heterocycles. The summed E-state index contributed by atoms with van der Waals surface area (Å²) in [6.07, 6.45) is -5.37. The minimum atomic E-state index is -4.29. The quantitative estimate of drug-likeness (QED) is 0.361. The van der Waals surface area contributed by atoms with Crippen LogP contribution in [-0.4, -0.2) is 17.7 Å². The first kappa shape index (κ1) is 15.2. The van der Waals surface area contributed by atoms with Crippen LogP contribution in [-0.2, 0) is 11.3 Å². The van der Waals surface area contributed by atoms with Crippen molar-refractivity contribution in [3.05, 3.63) is 33.9 Å². The zero-order valence-electron chi connectivity index (χ0n) is 9.74. The first-order chi connectivity index (χ1) is 8.83. The van der Waals surface area contributed by atoms with Gasteiger partial charge in [-0.15, -0.1) is 0 Å². The third kappa shape index (κ3) is 5.10. The molecule has 1 aromatic rings. The van der Waals surface area contributed by atoms with Crippen molar-refractivity contribution in [2.45, 2.75) is 19.2 Å². The fraction of sp³-hybridized carbons (Fsp3) is 0.400. The van der Waals surface area contributed by atoms with Gasteiger partial charge >= 0.3 is 6.18 Å². The van der Waals surface area contributed by atoms with Crippen molar-refractivity contribution in [2.75, 3.05) is 12.0 Å². The molecule has 0 radical (unpaired) electrons. The average Bonchev–Trinajstić information content (AvgIpc) is 2.33. The van der Waals surface area contributed by atoms with Crippen LogP contribution >= 0.6 is 0 Å². The molecular weight excluding hydrogens is 267 g/mol. The number of ether oxygens (including phenoxy) is 1. The lowest BCUT2D eigenvalue weighted by Gasteiger charge is -2.10. The van der Waals surface area contributed by atoms with Crippen molar-refractivity contribution < 1.29 is 22.8 Å². The lowest BCUT2D eigenvalue weighted by Crippen LogP contribution is -2.13. The summed E-state index contributed by atoms with van der Waals surface area (Å²) in [6.45, 7) is -0.715. The Labute approximate surface area is 106 Å². The van der Waals surface area contributed by atoms with Gasteiger partial charge in [0.05, 0.1) is 30.2 Å². The molecule has 3 N–H and O–H groups in total. The van der Waals surface area contributed by atoms with Gasteiger partial charge in [-0.1, -0.05) is 0 Å². The Morgan fingerprint density at radius 1 is 1.42 bits per heavy atom. The summed E-state index contributed by atoms with van der Waals surface area (Å²) in [5.74, 6) is 5.19. The average molecular weight is 279 g/mol. The van der Waals surface area contributed by atoms with Gasteiger partial charge in [-0.05, 0) is 6.07 Å². The molecule has 0 aliphatic heterocycles. The number of nitro groups is 1. The van der Waals surface area contributed by atoms with E-state index < -0.39 is 24.1 Å². The van der Waals surface area contributed by atoms with Gasteiger partial charge in [0.25, 0.3) is 5.69 Å². The van der Waals surface area contributed by atoms with E-state index in [4.69, 9.17) is 10.6 Å². The lowest BCUT2D eigenvalue weighted by molar-refractivity contribution is -0.384. The molecule has 0 aromatic heterocycles. The highest BCUT2D eigenvalue weighted by Gasteiger charge is 2.26. The van der Waals surface area contributed by atoms with Crippen LogP contribution in [0.5, 0.6) is 0 Å². The van der Waals surface area contributed by atoms with Crippen LogP contribution < -0.4 is 11.3 Å². The van der Waals surface area contributed by atoms with Gasteiger partial charge in [-0.25, -0.2) is 0 Å². The first-order valence-corrected chi connectivity index (χ1v) is 5.22. The zero-order chi connectivity index (χ0) is 14.5. The van der Waals surface area contributed by atoms with E-state index in [9.17, 15) is 23.3 Å². The van der Waals surface area contributed by atoms with Crippen LogP contribution in [0, 0.1) is 10.1 Å². The third-order valence-electron chi connectivity index (χ3n) is 2.24. The molecule has 6 nitrogen and oxygen atoms in total. The van der Waals surface area contributed by atoms with Gasteiger partial charge in [0.15, 0.2) is 0 Å². The summed E-state index contributed by atoms with van der Waals surface area (Å²) in [6, 6.07) is 3.79. The van der Waals surface area contributed by atoms with Crippen molar-refractivity contribution in [2.24, 2.45) is 5.84 Å². The van der Waals surface area contributed by atoms with Gasteiger partial charge in [-0.3, -0.25) is 16.0 Å². The fourth-order valence-corrected chi connectivity index (χ4v) is 1.32. The second-order valence-corrected chi connectivity index (χ2v) is 3.66. The molecule has 0 aliphatic rings. The third-order valence-corrected chi connectivity index (χ3v) is 2.24. The number of benzene rings is 1. The smallest absolute Gasteiger partial charge is 0.376 e. The Balaban J connectivity index is 2.65. The number of anilines is 1. The van der Waals surface area contributed by atoms with Crippen LogP contribution in [0.1, 0.15) is 12.0 Å². The number of alkyl halides is 3. The number of hydrogen-bond donors (Lipinski definition) is 2. The normalized spacial score (nSPS) is 11.4. The largest absolute Gasteiger partial charge is 0.391 e. The number of halogens is 3. The maximum Gasteiger partial charge on any atom is 0.391 e. The van der Waals surface area contributed by atoms with E-state index in [-0.39, 0.29) is 12.3 Å². The molecule has 1 aromatic carbocycles. The second-order valence-electron chi connectivity index (χ2n) is 3.66. The number of nitrogens with one attached hydrogen (secondary N) is 1. The van der Waals surface area contributed by atoms with Crippen LogP contribution in [0.25, 0.3) is 0 Å². The molecule has 0 spiro atoms. The number of nitro benzene ring substituents is 1. The summed E-state index contributed by atoms with van der Waals surface area (Å²) in [5, 5.41) is 10.6. The van der Waals surface area contributed by atoms with Crippen LogP contribution in [0.15, 0.2) is 18.2 Å². The predicted molar refractivity (Wildman–Crippen MR) is 61.2 cm³/mol. The monoisotopic (exact) mass is 279 g/mol. The van der Waals surface area contributed by atoms with Crippen molar-refractivity contribution in [1.82, 2.24) is 0 Å². The Kier molecular flexibility index (Phi) is 5.07. The number of hydrazine groups is 1. The van der Waals surface area contributed by atoms with E-state index in [1.807, 2.05) is 0 Å². The van der Waals surface area contributed by atoms with Crippen molar-refractivity contribution >= 4 is 11.4 Å². The van der Waals surface area contributed by atoms with E-state index >= 15 is 0 Å². The highest BCUT2D eigenvalue weighted by Crippen LogP contribution is 2.23. The molecule has 0 unspecified atom stereocenters. The molecule has 0 aliphatic carbocycles. The molecule has 0 fully saturated rings. The fourth-order valence-electron chi connectivity index (χ4n) is 1.32. The standard InChI is InChI=1S/C10H12F3N3O3/c11-10(12,13)3-4-19-6-7-5-8(16(17)18)1-2-9(7)15-14/h1-2,5,15H,3-4,6,14H2. The van der Waals surface area contributed by atoms with Gasteiger partial charge in [-0.2, -0.15) is 13.2 Å². The molecule has 0 bridgehead atoms. The van der Waals surface area contributed by atoms with Crippen molar-refractivity contribution in [1.29, 1.82) is 0 Å². The molecule has 0 atom stereocenters. The second kappa shape index (κ2) is 6.34. The number of non-ortho nitro benzene ring substituents is 1. The van der Waals surface area contributed by atoms with Gasteiger partial charge < -0.3 is 10.2 Å². The number of rotatable bonds is 6. The molecule has 19 heavy (non-hydrogen) atoms. The summed E-state index contributed by atoms with van der Waals surface area (Å²) in [4.78, 5) is 9.97. The SMILES string of the molecule is NNc1ccc([N+](=O)[O-])cc1COCCC(F)(F)F. The molecule has 106 valence electrons. The Morgan fingerprint density at radius 2 is 2.11 bits per heavy atom. The Morgan fingerprint density at radius 3 is 2.63 bits per heavy atom. The van der Waals surface area contributed by atoms with Crippen LogP contribution in [0.2, 0.25) is 0 Å². The van der Waals surface area contributed by atoms with Crippen molar-refractivity contribution in [3.8, 4) is 0 Å². The first-order valence-electron chi connectivity index (χ1n) is 5.22. The van der Waals surface area contributed by atoms with Gasteiger partial charge in [0.2, 0.25) is 0 Å². The summed E-state index contributed by atoms with van der Waals surface area (Å²) in [5.41, 5.74) is 2.78. The number of nitrogens with zero attached hydrogens (tertiary/aromatic N) is 1. The van der Waals surface area contributed by atoms with E-state index in [1.165, 1.54) is 18.2 Å². The van der Waals surface area contributed by atoms with Crippen LogP contribution in [0.3, 0.4) is 0 Å². The van der Waals surface area contributed by atoms with Gasteiger partial charge in [0, 0.05) is 17.7 Å². The number of hydrogen-bond acceptors (Lipinski definition) is 5. The van der Waals surface area contributed by atoms with Gasteiger partial charge in [0.1, 0.15) is 0 Å². The van der Waals surface area contributed by atoms with E-state index in [0.717, 1.165) is 0 Å². The maximum atomic E-state index is 11.9. The molecule has 0 amide bonds. The molecule has 9 heteroatoms. The van der Waals surface area contributed by atoms with E-state index in [2.05, 4.69) is 5.43 Å². The lowest BCUT2D eigenvalue weighted by atomic mass is 10.1. The minimum Gasteiger partial charge on any atom is -0.376 e. The summed E-state index contributed by atoms with van der Waals surface area (Å²) < 4.78 is 40.5. The van der Waals surface area contributed by atoms with E-state index in [1.54, 1.807) is 0 Å². The topological polar surface area (TPSA) is 90.4 Å². The minimum absolute atomic E-state index is 0.187. The van der Waals surface area contributed by atoms with E-state index in [0.29, 0.717) is 11.3 Å². The Bertz CT molecular complexity index is 451. The Hall–Kier alpha value is -1.87. The highest BCUT2D eigenvalue weighted by molar-refractivity contribution is 5.55. The highest BCUT2D eigenvalue weighted by atomic mass is 19.4.